The van der Waals surface area contributed by atoms with Gasteiger partial charge in [-0.3, -0.25) is 14.4 Å². The van der Waals surface area contributed by atoms with Gasteiger partial charge in [-0.25, -0.2) is 4.79 Å². The second-order valence-electron chi connectivity index (χ2n) is 42.6. The number of aliphatic hydroxyl groups is 22. The molecular weight excluding hydrogens is 1840 g/mol. The first-order valence-corrected chi connectivity index (χ1v) is 48.3. The summed E-state index contributed by atoms with van der Waals surface area (Å²) < 4.78 is 108. The minimum absolute atomic E-state index is 0.0127. The van der Waals surface area contributed by atoms with E-state index in [4.69, 9.17) is 85.3 Å². The first-order chi connectivity index (χ1) is 64.8. The lowest BCUT2D eigenvalue weighted by atomic mass is 9.33. The number of hydrogen-bond donors (Lipinski definition) is 23. The standard InChI is InChI=1S/C92H148O46/c1-13-36(3)46(126-54(102)25-41(98)24-47(37(4)14-2)127-80-62(110)58(106)49(30-94)128-80)23-40(97)26-55(103)131-69-39(6)125-82(73(65(69)113)136-79-64(112)60(108)68(38(5)124-79)132-78-67(115)70(45(100)32-122-78)133-84-75(116)91(120,34-96)35-123-84)138-85(119)92-22-21-86(7,8)27-43(92)42-15-16-51-87(9)19-18-53(88(10,33-95)50(87)17-20-89(51,11)90(42,12)28-52(92)101)130-83-74(137-81-63(111)59(107)57(105)48(29-93)129-81)71(66(114)72(135-83)76(117)118)134-77-61(109)56(104)44(99)31-121-77/h15,33,36-41,43-53,56-75,77-84,93-94,96-101,104-116,120H,13-14,16-32,34-35H2,1-12H3,(H,117,118)/t36?,37?,38-,39+,40?,41?,43-,44+,45+,46?,47?,48+,49-,50+,51+,52+,53-,56-,57-,58-,59-,60-,61+,62+,63+,64+,65-,66-,67+,68-,69-,70-,71-,72-,73+,74+,75-,77-,78?,79-,80+,81-,82?,83+,84-,87-,88-,89+,90+,91+,92+/m0/s1. The Hall–Kier alpha value is -4.19. The zero-order chi connectivity index (χ0) is 101. The molecule has 5 aliphatic carbocycles. The van der Waals surface area contributed by atoms with Gasteiger partial charge in [-0.1, -0.05) is 93.7 Å². The van der Waals surface area contributed by atoms with E-state index >= 15 is 4.79 Å². The van der Waals surface area contributed by atoms with E-state index in [1.165, 1.54) is 13.8 Å². The van der Waals surface area contributed by atoms with Crippen LogP contribution in [0.4, 0.5) is 0 Å². The number of carbonyl (C=O) groups excluding carboxylic acids is 4. The zero-order valence-electron chi connectivity index (χ0n) is 79.7. The summed E-state index contributed by atoms with van der Waals surface area (Å²) in [7, 11) is 0. The lowest BCUT2D eigenvalue weighted by Crippen LogP contribution is -2.69. The van der Waals surface area contributed by atoms with Crippen molar-refractivity contribution >= 4 is 30.2 Å². The third-order valence-electron chi connectivity index (χ3n) is 33.3. The van der Waals surface area contributed by atoms with Crippen LogP contribution in [0.2, 0.25) is 0 Å². The molecule has 0 radical (unpaired) electrons. The van der Waals surface area contributed by atoms with Crippen LogP contribution in [0.3, 0.4) is 0 Å². The van der Waals surface area contributed by atoms with E-state index in [2.05, 4.69) is 26.8 Å². The van der Waals surface area contributed by atoms with Crippen LogP contribution in [0, 0.1) is 62.1 Å². The van der Waals surface area contributed by atoms with Crippen molar-refractivity contribution in [1.29, 1.82) is 0 Å². The van der Waals surface area contributed by atoms with Gasteiger partial charge in [0.1, 0.15) is 152 Å². The molecule has 8 aliphatic heterocycles. The first kappa shape index (κ1) is 111. The van der Waals surface area contributed by atoms with Crippen molar-refractivity contribution in [1.82, 2.24) is 0 Å². The van der Waals surface area contributed by atoms with Gasteiger partial charge in [-0.15, -0.1) is 0 Å². The highest BCUT2D eigenvalue weighted by Gasteiger charge is 2.74. The SMILES string of the molecule is CCC(C)C(CC(O)CC(=O)O[C@@H]1[C@H](O)[C@@H](O[C@@H]2O[C@@H](C)[C@H](OC3OC[C@@H](O)[C@H](O[C@@H]4OC[C@](O)(CO)[C@H]4O)[C@H]3O)[C@@H](O)[C@H]2O)C(OC(=O)[C@]23CCC(C)(C)C[C@H]2C2=CC[C@@H]4[C@@]5(C)CC[C@H](O[C@@H]6O[C@H](C(=O)O)[C@@H](O)[C@H](O[C@@H]7OC[C@@H](O)[C@H](O)[C@H]7O)[C@H]6O[C@@H]6O[C@H](CO)[C@H](O)[C@H](O)[C@H]6O)[C@@](C)(C=O)[C@@H]5CC[C@@]4(C)[C@]2(C)C[C@H]3O)O[C@@H]1C)OC(=O)CC(O)CC(O[C@@H]1O[C@@H](CO)[C@H](O)[C@H]1O)C(C)CC. The smallest absolute Gasteiger partial charge is 0.335 e. The largest absolute Gasteiger partial charge is 0.479 e. The van der Waals surface area contributed by atoms with E-state index in [1.807, 2.05) is 20.8 Å². The molecule has 0 aromatic carbocycles. The van der Waals surface area contributed by atoms with E-state index in [-0.39, 0.29) is 43.9 Å². The van der Waals surface area contributed by atoms with Crippen LogP contribution in [-0.2, 0) is 109 Å². The molecule has 23 N–H and O–H groups in total. The Kier molecular flexibility index (Phi) is 35.5. The predicted molar refractivity (Wildman–Crippen MR) is 458 cm³/mol. The van der Waals surface area contributed by atoms with Crippen molar-refractivity contribution in [2.24, 2.45) is 62.1 Å². The van der Waals surface area contributed by atoms with Crippen LogP contribution in [-0.4, -0.2) is 439 Å². The van der Waals surface area contributed by atoms with Gasteiger partial charge in [0.2, 0.25) is 6.29 Å². The second kappa shape index (κ2) is 44.1. The fourth-order valence-corrected chi connectivity index (χ4v) is 24.1. The molecule has 46 heteroatoms. The van der Waals surface area contributed by atoms with Gasteiger partial charge in [0.15, 0.2) is 62.3 Å². The number of aliphatic hydroxyl groups excluding tert-OH is 21. The van der Waals surface area contributed by atoms with Crippen LogP contribution >= 0.6 is 0 Å². The third kappa shape index (κ3) is 21.4. The average Bonchev–Trinajstić information content (AvgIpc) is 0.707. The fraction of sp³-hybridized carbons (Fsp3) is 0.924. The number of aldehydes is 1. The topological polar surface area (TPSA) is 717 Å². The number of fused-ring (bicyclic) bond motifs is 7. The summed E-state index contributed by atoms with van der Waals surface area (Å²) in [4.78, 5) is 72.1. The Morgan fingerprint density at radius 3 is 1.69 bits per heavy atom. The number of carboxylic acid groups (broad SMARTS) is 1. The molecule has 8 unspecified atom stereocenters. The maximum absolute atomic E-state index is 16.4. The molecule has 0 aromatic rings. The Bertz CT molecular complexity index is 4100. The van der Waals surface area contributed by atoms with Gasteiger partial charge >= 0.3 is 23.9 Å². The summed E-state index contributed by atoms with van der Waals surface area (Å²) in [6, 6.07) is 0. The molecule has 13 aliphatic rings. The summed E-state index contributed by atoms with van der Waals surface area (Å²) in [5, 5.41) is 256. The Morgan fingerprint density at radius 2 is 1.06 bits per heavy atom. The molecule has 0 bridgehead atoms. The van der Waals surface area contributed by atoms with Crippen molar-refractivity contribution in [3.05, 3.63) is 11.6 Å². The normalized spacial score (nSPS) is 48.7. The molecule has 46 nitrogen and oxygen atoms in total. The highest BCUT2D eigenvalue weighted by atomic mass is 16.8. The molecule has 12 fully saturated rings. The summed E-state index contributed by atoms with van der Waals surface area (Å²) in [5.74, 6) is -7.25. The van der Waals surface area contributed by atoms with Crippen molar-refractivity contribution in [2.45, 2.75) is 431 Å². The van der Waals surface area contributed by atoms with Gasteiger partial charge in [-0.05, 0) is 123 Å². The van der Waals surface area contributed by atoms with Crippen LogP contribution in [0.1, 0.15) is 179 Å². The van der Waals surface area contributed by atoms with E-state index in [9.17, 15) is 137 Å². The minimum atomic E-state index is -2.27. The lowest BCUT2D eigenvalue weighted by molar-refractivity contribution is -0.391. The van der Waals surface area contributed by atoms with E-state index in [0.29, 0.717) is 51.4 Å². The zero-order valence-corrected chi connectivity index (χ0v) is 79.7. The summed E-state index contributed by atoms with van der Waals surface area (Å²) in [6.45, 7) is 17.6. The molecule has 8 saturated heterocycles. The fourth-order valence-electron chi connectivity index (χ4n) is 24.1. The highest BCUT2D eigenvalue weighted by molar-refractivity contribution is 5.80. The summed E-state index contributed by atoms with van der Waals surface area (Å²) in [5.41, 5.74) is -7.70. The van der Waals surface area contributed by atoms with Crippen molar-refractivity contribution < 1.29 is 227 Å². The van der Waals surface area contributed by atoms with Crippen LogP contribution in [0.5, 0.6) is 0 Å². The molecule has 8 heterocycles. The first-order valence-electron chi connectivity index (χ1n) is 48.3. The van der Waals surface area contributed by atoms with Crippen molar-refractivity contribution in [3.63, 3.8) is 0 Å². The number of aliphatic carboxylic acids is 1. The van der Waals surface area contributed by atoms with Gasteiger partial charge in [0, 0.05) is 12.8 Å². The lowest BCUT2D eigenvalue weighted by Gasteiger charge is -2.71. The Balaban J connectivity index is 0.748. The molecule has 0 aromatic heterocycles. The van der Waals surface area contributed by atoms with Gasteiger partial charge < -0.3 is 208 Å². The summed E-state index contributed by atoms with van der Waals surface area (Å²) >= 11 is 0. The molecule has 792 valence electrons. The molecule has 0 amide bonds. The number of carboxylic acids is 1. The number of rotatable bonds is 35. The minimum Gasteiger partial charge on any atom is -0.479 e. The molecular formula is C92H148O46. The maximum Gasteiger partial charge on any atom is 0.335 e. The summed E-state index contributed by atoms with van der Waals surface area (Å²) in [6.07, 6.45) is -66.5. The number of ether oxygens (including phenoxy) is 18. The Morgan fingerprint density at radius 1 is 0.507 bits per heavy atom. The molecule has 4 saturated carbocycles. The van der Waals surface area contributed by atoms with Gasteiger partial charge in [0.05, 0.1) is 101 Å². The average molecular weight is 1990 g/mol. The van der Waals surface area contributed by atoms with Crippen LogP contribution < -0.4 is 0 Å². The second-order valence-corrected chi connectivity index (χ2v) is 42.6. The number of carbonyl (C=O) groups is 5. The molecule has 51 atom stereocenters. The molecule has 0 spiro atoms. The quantitative estimate of drug-likeness (QED) is 0.00924. The van der Waals surface area contributed by atoms with E-state index in [1.54, 1.807) is 27.7 Å². The van der Waals surface area contributed by atoms with Crippen LogP contribution in [0.15, 0.2) is 11.6 Å². The van der Waals surface area contributed by atoms with Crippen molar-refractivity contribution in [3.8, 4) is 0 Å². The Labute approximate surface area is 797 Å². The van der Waals surface area contributed by atoms with E-state index < -0.39 is 378 Å². The third-order valence-corrected chi connectivity index (χ3v) is 33.3. The number of allylic oxidation sites excluding steroid dienone is 2. The number of hydrogen-bond acceptors (Lipinski definition) is 45. The number of esters is 3. The maximum atomic E-state index is 16.4. The van der Waals surface area contributed by atoms with Crippen LogP contribution in [0.25, 0.3) is 0 Å². The predicted octanol–water partition coefficient (Wildman–Crippen LogP) is -5.69. The van der Waals surface area contributed by atoms with E-state index in [0.717, 1.165) is 11.9 Å². The van der Waals surface area contributed by atoms with Gasteiger partial charge in [-0.2, -0.15) is 0 Å². The molecule has 138 heavy (non-hydrogen) atoms. The highest BCUT2D eigenvalue weighted by Crippen LogP contribution is 2.76. The monoisotopic (exact) mass is 1990 g/mol. The van der Waals surface area contributed by atoms with Crippen molar-refractivity contribution in [2.75, 3.05) is 39.6 Å². The van der Waals surface area contributed by atoms with Gasteiger partial charge in [0.25, 0.3) is 0 Å². The molecule has 13 rings (SSSR count).